The second-order valence-corrected chi connectivity index (χ2v) is 9.11. The highest BCUT2D eigenvalue weighted by atomic mass is 16.2. The highest BCUT2D eigenvalue weighted by Gasteiger charge is 2.24. The van der Waals surface area contributed by atoms with E-state index in [9.17, 15) is 14.4 Å². The Balaban J connectivity index is 2.57. The molecule has 5 nitrogen and oxygen atoms in total. The van der Waals surface area contributed by atoms with Crippen LogP contribution in [0, 0.1) is 0 Å². The summed E-state index contributed by atoms with van der Waals surface area (Å²) >= 11 is 0. The highest BCUT2D eigenvalue weighted by Crippen LogP contribution is 2.13. The fraction of sp³-hybridized carbons (Fsp3) is 0.480. The van der Waals surface area contributed by atoms with Crippen molar-refractivity contribution in [2.24, 2.45) is 0 Å². The lowest BCUT2D eigenvalue weighted by molar-refractivity contribution is -0.119. The van der Waals surface area contributed by atoms with Crippen LogP contribution in [0.2, 0.25) is 0 Å². The number of carbonyl (C=O) groups is 3. The fourth-order valence-corrected chi connectivity index (χ4v) is 2.86. The van der Waals surface area contributed by atoms with Crippen LogP contribution in [0.1, 0.15) is 74.1 Å². The Morgan fingerprint density at radius 3 is 2.00 bits per heavy atom. The van der Waals surface area contributed by atoms with Crippen LogP contribution in [0.3, 0.4) is 0 Å². The minimum Gasteiger partial charge on any atom is -0.377 e. The Bertz CT molecular complexity index is 827. The van der Waals surface area contributed by atoms with Crippen LogP contribution in [0.5, 0.6) is 0 Å². The van der Waals surface area contributed by atoms with Crippen LogP contribution in [0.4, 0.5) is 0 Å². The number of amides is 1. The van der Waals surface area contributed by atoms with Gasteiger partial charge in [-0.25, -0.2) is 0 Å². The molecule has 0 atom stereocenters. The molecule has 0 aromatic rings. The molecule has 1 amide bonds. The molecule has 0 spiro atoms. The van der Waals surface area contributed by atoms with Crippen molar-refractivity contribution in [2.45, 2.75) is 79.7 Å². The summed E-state index contributed by atoms with van der Waals surface area (Å²) in [7, 11) is 0. The standard InChI is InChI=1S/C25H36N2O3/c1-17(2)10-8-11-18(3)12-9-13-19(4)14-24(30)26-20-15-23(29)21(16-22(20)28)27-25(5,6)7/h10,12,14-16,27H,8-9,11,13H2,1-7H3,(H,26,30). The van der Waals surface area contributed by atoms with Crippen molar-refractivity contribution in [1.82, 2.24) is 10.6 Å². The second kappa shape index (κ2) is 11.5. The number of hydrogen-bond donors (Lipinski definition) is 2. The minimum atomic E-state index is -0.398. The third-order valence-corrected chi connectivity index (χ3v) is 4.35. The predicted octanol–water partition coefficient (Wildman–Crippen LogP) is 4.83. The monoisotopic (exact) mass is 412 g/mol. The summed E-state index contributed by atoms with van der Waals surface area (Å²) in [5, 5.41) is 5.54. The molecule has 0 saturated heterocycles. The van der Waals surface area contributed by atoms with Gasteiger partial charge in [-0.3, -0.25) is 14.4 Å². The van der Waals surface area contributed by atoms with Gasteiger partial charge in [0, 0.05) is 23.8 Å². The number of rotatable bonds is 9. The zero-order valence-electron chi connectivity index (χ0n) is 19.4. The molecule has 164 valence electrons. The molecule has 1 aliphatic carbocycles. The molecular formula is C25H36N2O3. The predicted molar refractivity (Wildman–Crippen MR) is 123 cm³/mol. The van der Waals surface area contributed by atoms with Crippen LogP contribution in [-0.2, 0) is 14.4 Å². The van der Waals surface area contributed by atoms with Crippen LogP contribution >= 0.6 is 0 Å². The SMILES string of the molecule is CC(C)=CCCC(C)=CCCC(C)=CC(=O)NC1=CC(=O)C(NC(C)(C)C)=CC1=O. The average molecular weight is 413 g/mol. The zero-order chi connectivity index (χ0) is 22.9. The lowest BCUT2D eigenvalue weighted by atomic mass is 10.0. The first kappa shape index (κ1) is 25.3. The third kappa shape index (κ3) is 10.2. The van der Waals surface area contributed by atoms with E-state index in [4.69, 9.17) is 0 Å². The Morgan fingerprint density at radius 2 is 1.40 bits per heavy atom. The third-order valence-electron chi connectivity index (χ3n) is 4.35. The second-order valence-electron chi connectivity index (χ2n) is 9.11. The molecule has 0 aromatic heterocycles. The maximum Gasteiger partial charge on any atom is 0.248 e. The fourth-order valence-electron chi connectivity index (χ4n) is 2.86. The maximum atomic E-state index is 12.2. The maximum absolute atomic E-state index is 12.2. The molecule has 2 N–H and O–H groups in total. The van der Waals surface area contributed by atoms with Crippen molar-refractivity contribution in [3.05, 3.63) is 58.5 Å². The molecule has 0 radical (unpaired) electrons. The first-order valence-corrected chi connectivity index (χ1v) is 10.4. The van der Waals surface area contributed by atoms with Gasteiger partial charge in [0.25, 0.3) is 0 Å². The van der Waals surface area contributed by atoms with Gasteiger partial charge >= 0.3 is 0 Å². The highest BCUT2D eigenvalue weighted by molar-refractivity contribution is 6.20. The van der Waals surface area contributed by atoms with E-state index in [1.807, 2.05) is 27.7 Å². The molecule has 0 aromatic carbocycles. The molecule has 0 saturated carbocycles. The minimum absolute atomic E-state index is 0.00326. The zero-order valence-corrected chi connectivity index (χ0v) is 19.4. The molecule has 0 heterocycles. The van der Waals surface area contributed by atoms with Crippen molar-refractivity contribution < 1.29 is 14.4 Å². The van der Waals surface area contributed by atoms with E-state index >= 15 is 0 Å². The molecule has 1 aliphatic rings. The van der Waals surface area contributed by atoms with E-state index in [0.717, 1.165) is 31.3 Å². The molecule has 30 heavy (non-hydrogen) atoms. The molecule has 0 unspecified atom stereocenters. The van der Waals surface area contributed by atoms with Crippen molar-refractivity contribution in [2.75, 3.05) is 0 Å². The van der Waals surface area contributed by atoms with Crippen molar-refractivity contribution in [3.63, 3.8) is 0 Å². The summed E-state index contributed by atoms with van der Waals surface area (Å²) in [4.78, 5) is 36.7. The lowest BCUT2D eigenvalue weighted by Crippen LogP contribution is -2.40. The smallest absolute Gasteiger partial charge is 0.248 e. The lowest BCUT2D eigenvalue weighted by Gasteiger charge is -2.24. The largest absolute Gasteiger partial charge is 0.377 e. The van der Waals surface area contributed by atoms with Gasteiger partial charge in [-0.1, -0.05) is 28.9 Å². The average Bonchev–Trinajstić information content (AvgIpc) is 2.57. The first-order valence-electron chi connectivity index (χ1n) is 10.4. The van der Waals surface area contributed by atoms with Crippen LogP contribution < -0.4 is 10.6 Å². The van der Waals surface area contributed by atoms with Gasteiger partial charge in [-0.05, 0) is 74.1 Å². The summed E-state index contributed by atoms with van der Waals surface area (Å²) in [6.07, 6.45) is 12.0. The van der Waals surface area contributed by atoms with Gasteiger partial charge in [0.2, 0.25) is 17.5 Å². The Kier molecular flexibility index (Phi) is 9.70. The normalized spacial score (nSPS) is 15.4. The van der Waals surface area contributed by atoms with Crippen molar-refractivity contribution in [3.8, 4) is 0 Å². The molecular weight excluding hydrogens is 376 g/mol. The Morgan fingerprint density at radius 1 is 0.867 bits per heavy atom. The molecule has 1 rings (SSSR count). The molecule has 5 heteroatoms. The summed E-state index contributed by atoms with van der Waals surface area (Å²) in [5.41, 5.74) is 3.49. The van der Waals surface area contributed by atoms with E-state index in [-0.39, 0.29) is 22.7 Å². The summed E-state index contributed by atoms with van der Waals surface area (Å²) < 4.78 is 0. The van der Waals surface area contributed by atoms with Crippen molar-refractivity contribution in [1.29, 1.82) is 0 Å². The van der Waals surface area contributed by atoms with E-state index < -0.39 is 11.7 Å². The van der Waals surface area contributed by atoms with Crippen LogP contribution in [0.25, 0.3) is 0 Å². The van der Waals surface area contributed by atoms with Crippen LogP contribution in [0.15, 0.2) is 58.5 Å². The van der Waals surface area contributed by atoms with Crippen LogP contribution in [-0.4, -0.2) is 23.0 Å². The van der Waals surface area contributed by atoms with Gasteiger partial charge in [0.05, 0.1) is 11.4 Å². The summed E-state index contributed by atoms with van der Waals surface area (Å²) in [6.45, 7) is 13.9. The van der Waals surface area contributed by atoms with E-state index in [0.29, 0.717) is 0 Å². The number of hydrogen-bond acceptors (Lipinski definition) is 4. The summed E-state index contributed by atoms with van der Waals surface area (Å²) in [6, 6.07) is 0. The first-order chi connectivity index (χ1) is 13.9. The Hall–Kier alpha value is -2.69. The Labute approximate surface area is 181 Å². The molecule has 0 fully saturated rings. The van der Waals surface area contributed by atoms with Gasteiger partial charge in [0.15, 0.2) is 0 Å². The quantitative estimate of drug-likeness (QED) is 0.323. The van der Waals surface area contributed by atoms with Crippen molar-refractivity contribution >= 4 is 17.5 Å². The van der Waals surface area contributed by atoms with Gasteiger partial charge in [-0.2, -0.15) is 0 Å². The number of ketones is 2. The number of allylic oxidation sites excluding steroid dienone is 7. The van der Waals surface area contributed by atoms with Gasteiger partial charge in [0.1, 0.15) is 0 Å². The van der Waals surface area contributed by atoms with Gasteiger partial charge in [-0.15, -0.1) is 0 Å². The number of nitrogens with one attached hydrogen (secondary N) is 2. The molecule has 0 aliphatic heterocycles. The van der Waals surface area contributed by atoms with E-state index in [1.54, 1.807) is 0 Å². The number of carbonyl (C=O) groups excluding carboxylic acids is 3. The van der Waals surface area contributed by atoms with Gasteiger partial charge < -0.3 is 10.6 Å². The topological polar surface area (TPSA) is 75.3 Å². The van der Waals surface area contributed by atoms with E-state index in [2.05, 4.69) is 43.6 Å². The van der Waals surface area contributed by atoms with E-state index in [1.165, 1.54) is 29.4 Å². The molecule has 0 bridgehead atoms. The summed E-state index contributed by atoms with van der Waals surface area (Å²) in [5.74, 6) is -1.12.